The van der Waals surface area contributed by atoms with E-state index in [1.165, 1.54) is 18.4 Å². The van der Waals surface area contributed by atoms with Gasteiger partial charge in [-0.1, -0.05) is 31.2 Å². The van der Waals surface area contributed by atoms with E-state index in [1.54, 1.807) is 11.9 Å². The zero-order valence-corrected chi connectivity index (χ0v) is 18.8. The van der Waals surface area contributed by atoms with Crippen LogP contribution in [0, 0.1) is 0 Å². The van der Waals surface area contributed by atoms with E-state index in [9.17, 15) is 9.59 Å². The number of likely N-dealkylation sites (tertiary alicyclic amines) is 1. The monoisotopic (exact) mass is 437 g/mol. The van der Waals surface area contributed by atoms with Crippen LogP contribution in [0.15, 0.2) is 24.3 Å². The number of benzene rings is 1. The van der Waals surface area contributed by atoms with E-state index in [0.29, 0.717) is 24.6 Å². The number of amides is 2. The molecule has 1 saturated heterocycles. The molecule has 1 aromatic heterocycles. The first-order valence-corrected chi connectivity index (χ1v) is 11.2. The molecule has 0 unspecified atom stereocenters. The van der Waals surface area contributed by atoms with Crippen LogP contribution in [0.4, 0.5) is 17.3 Å². The van der Waals surface area contributed by atoms with Crippen LogP contribution >= 0.6 is 0 Å². The molecule has 0 aliphatic carbocycles. The molecule has 3 heterocycles. The van der Waals surface area contributed by atoms with Crippen molar-refractivity contribution in [3.05, 3.63) is 41.2 Å². The SMILES string of the molecule is CCCN(C)C(=O)c1nc(N)c2c(n1)N(Cc1ccc(CN3CCCC3)cc1)CC(=O)N2. The molecular formula is C23H31N7O2. The molecule has 170 valence electrons. The van der Waals surface area contributed by atoms with Gasteiger partial charge >= 0.3 is 0 Å². The highest BCUT2D eigenvalue weighted by atomic mass is 16.2. The van der Waals surface area contributed by atoms with Crippen LogP contribution in [0.25, 0.3) is 0 Å². The van der Waals surface area contributed by atoms with Crippen LogP contribution in [0.3, 0.4) is 0 Å². The first-order valence-electron chi connectivity index (χ1n) is 11.2. The van der Waals surface area contributed by atoms with Crippen LogP contribution in [0.5, 0.6) is 0 Å². The molecule has 2 aliphatic heterocycles. The maximum Gasteiger partial charge on any atom is 0.291 e. The molecule has 4 rings (SSSR count). The second-order valence-corrected chi connectivity index (χ2v) is 8.56. The molecule has 1 fully saturated rings. The van der Waals surface area contributed by atoms with Crippen molar-refractivity contribution in [3.63, 3.8) is 0 Å². The Bertz CT molecular complexity index is 987. The highest BCUT2D eigenvalue weighted by molar-refractivity contribution is 6.04. The standard InChI is InChI=1S/C23H31N7O2/c1-3-10-28(2)23(32)21-26-20(24)19-22(27-21)30(15-18(31)25-19)14-17-8-6-16(7-9-17)13-29-11-4-5-12-29/h6-9H,3-5,10-15H2,1-2H3,(H,25,31)(H2,24,26,27). The van der Waals surface area contributed by atoms with E-state index >= 15 is 0 Å². The number of hydrogen-bond donors (Lipinski definition) is 2. The Labute approximate surface area is 188 Å². The lowest BCUT2D eigenvalue weighted by molar-refractivity contribution is -0.115. The van der Waals surface area contributed by atoms with Crippen molar-refractivity contribution < 1.29 is 9.59 Å². The second-order valence-electron chi connectivity index (χ2n) is 8.56. The van der Waals surface area contributed by atoms with Crippen LogP contribution in [-0.4, -0.2) is 64.8 Å². The van der Waals surface area contributed by atoms with Crippen molar-refractivity contribution in [3.8, 4) is 0 Å². The van der Waals surface area contributed by atoms with Gasteiger partial charge in [-0.15, -0.1) is 0 Å². The van der Waals surface area contributed by atoms with Crippen LogP contribution in [-0.2, 0) is 17.9 Å². The number of fused-ring (bicyclic) bond motifs is 1. The summed E-state index contributed by atoms with van der Waals surface area (Å²) < 4.78 is 0. The molecule has 0 atom stereocenters. The van der Waals surface area contributed by atoms with E-state index in [4.69, 9.17) is 5.73 Å². The van der Waals surface area contributed by atoms with E-state index in [2.05, 4.69) is 44.5 Å². The summed E-state index contributed by atoms with van der Waals surface area (Å²) in [5, 5.41) is 2.75. The Morgan fingerprint density at radius 2 is 1.78 bits per heavy atom. The predicted molar refractivity (Wildman–Crippen MR) is 124 cm³/mol. The van der Waals surface area contributed by atoms with Crippen molar-refractivity contribution in [2.24, 2.45) is 0 Å². The lowest BCUT2D eigenvalue weighted by Crippen LogP contribution is -2.40. The van der Waals surface area contributed by atoms with Crippen LogP contribution in [0.1, 0.15) is 47.9 Å². The molecule has 0 saturated carbocycles. The fraction of sp³-hybridized carbons (Fsp3) is 0.478. The molecule has 2 aliphatic rings. The summed E-state index contributed by atoms with van der Waals surface area (Å²) in [7, 11) is 1.72. The van der Waals surface area contributed by atoms with Gasteiger partial charge in [-0.2, -0.15) is 0 Å². The fourth-order valence-electron chi connectivity index (χ4n) is 4.25. The predicted octanol–water partition coefficient (Wildman–Crippen LogP) is 2.10. The van der Waals surface area contributed by atoms with Gasteiger partial charge in [-0.3, -0.25) is 14.5 Å². The van der Waals surface area contributed by atoms with Gasteiger partial charge < -0.3 is 20.9 Å². The van der Waals surface area contributed by atoms with Crippen molar-refractivity contribution in [1.82, 2.24) is 19.8 Å². The molecule has 9 nitrogen and oxygen atoms in total. The van der Waals surface area contributed by atoms with E-state index in [0.717, 1.165) is 31.6 Å². The molecule has 0 spiro atoms. The quantitative estimate of drug-likeness (QED) is 0.683. The molecule has 9 heteroatoms. The van der Waals surface area contributed by atoms with Crippen molar-refractivity contribution in [2.75, 3.05) is 49.2 Å². The topological polar surface area (TPSA) is 108 Å². The number of nitrogens with one attached hydrogen (secondary N) is 1. The summed E-state index contributed by atoms with van der Waals surface area (Å²) in [6.07, 6.45) is 3.38. The maximum atomic E-state index is 12.7. The minimum atomic E-state index is -0.288. The number of nitrogens with two attached hydrogens (primary N) is 1. The number of rotatable bonds is 7. The average Bonchev–Trinajstić information content (AvgIpc) is 3.28. The molecular weight excluding hydrogens is 406 g/mol. The molecule has 32 heavy (non-hydrogen) atoms. The van der Waals surface area contributed by atoms with E-state index in [1.807, 2.05) is 11.8 Å². The summed E-state index contributed by atoms with van der Waals surface area (Å²) in [6, 6.07) is 8.45. The minimum Gasteiger partial charge on any atom is -0.382 e. The molecule has 0 radical (unpaired) electrons. The third-order valence-corrected chi connectivity index (χ3v) is 5.91. The number of carbonyl (C=O) groups is 2. The Kier molecular flexibility index (Phi) is 6.55. The van der Waals surface area contributed by atoms with Crippen molar-refractivity contribution in [2.45, 2.75) is 39.3 Å². The molecule has 2 aromatic rings. The Morgan fingerprint density at radius 3 is 2.44 bits per heavy atom. The van der Waals surface area contributed by atoms with Crippen molar-refractivity contribution in [1.29, 1.82) is 0 Å². The van der Waals surface area contributed by atoms with Gasteiger partial charge in [-0.25, -0.2) is 9.97 Å². The summed E-state index contributed by atoms with van der Waals surface area (Å²) >= 11 is 0. The van der Waals surface area contributed by atoms with Gasteiger partial charge in [-0.05, 0) is 43.5 Å². The van der Waals surface area contributed by atoms with Gasteiger partial charge in [0.05, 0.1) is 6.54 Å². The molecule has 1 aromatic carbocycles. The Morgan fingerprint density at radius 1 is 1.12 bits per heavy atom. The van der Waals surface area contributed by atoms with Gasteiger partial charge in [0.15, 0.2) is 11.6 Å². The second kappa shape index (κ2) is 9.52. The van der Waals surface area contributed by atoms with Gasteiger partial charge in [0, 0.05) is 26.7 Å². The first kappa shape index (κ1) is 22.0. The smallest absolute Gasteiger partial charge is 0.291 e. The van der Waals surface area contributed by atoms with Crippen LogP contribution < -0.4 is 16.0 Å². The lowest BCUT2D eigenvalue weighted by atomic mass is 10.1. The van der Waals surface area contributed by atoms with Gasteiger partial charge in [0.2, 0.25) is 11.7 Å². The minimum absolute atomic E-state index is 0.0410. The molecule has 2 amide bonds. The van der Waals surface area contributed by atoms with Gasteiger partial charge in [0.25, 0.3) is 5.91 Å². The zero-order valence-electron chi connectivity index (χ0n) is 18.8. The maximum absolute atomic E-state index is 12.7. The number of anilines is 3. The fourth-order valence-corrected chi connectivity index (χ4v) is 4.25. The normalized spacial score (nSPS) is 16.1. The first-order chi connectivity index (χ1) is 15.4. The zero-order chi connectivity index (χ0) is 22.7. The van der Waals surface area contributed by atoms with E-state index in [-0.39, 0.29) is 30.0 Å². The van der Waals surface area contributed by atoms with Gasteiger partial charge in [0.1, 0.15) is 5.69 Å². The highest BCUT2D eigenvalue weighted by Crippen LogP contribution is 2.33. The number of carbonyl (C=O) groups excluding carboxylic acids is 2. The molecule has 0 bridgehead atoms. The lowest BCUT2D eigenvalue weighted by Gasteiger charge is -2.30. The van der Waals surface area contributed by atoms with E-state index < -0.39 is 0 Å². The summed E-state index contributed by atoms with van der Waals surface area (Å²) in [5.74, 6) is 0.151. The third kappa shape index (κ3) is 4.83. The van der Waals surface area contributed by atoms with Crippen LogP contribution in [0.2, 0.25) is 0 Å². The number of nitrogens with zero attached hydrogens (tertiary/aromatic N) is 5. The Hall–Kier alpha value is -3.20. The number of aromatic nitrogens is 2. The summed E-state index contributed by atoms with van der Waals surface area (Å²) in [5.41, 5.74) is 8.81. The highest BCUT2D eigenvalue weighted by Gasteiger charge is 2.29. The average molecular weight is 438 g/mol. The third-order valence-electron chi connectivity index (χ3n) is 5.91. The summed E-state index contributed by atoms with van der Waals surface area (Å²) in [4.78, 5) is 39.6. The van der Waals surface area contributed by atoms with Crippen molar-refractivity contribution >= 4 is 29.1 Å². The largest absolute Gasteiger partial charge is 0.382 e. The Balaban J connectivity index is 1.55. The number of nitrogen functional groups attached to an aromatic ring is 1. The molecule has 3 N–H and O–H groups in total. The number of hydrogen-bond acceptors (Lipinski definition) is 7. The summed E-state index contributed by atoms with van der Waals surface area (Å²) in [6.45, 7) is 6.52.